The predicted octanol–water partition coefficient (Wildman–Crippen LogP) is 2.27. The molecule has 0 aliphatic rings. The van der Waals surface area contributed by atoms with Gasteiger partial charge in [0.05, 0.1) is 16.8 Å². The Kier molecular flexibility index (Phi) is 3.15. The van der Waals surface area contributed by atoms with E-state index < -0.39 is 5.91 Å². The number of primary amides is 1. The zero-order chi connectivity index (χ0) is 15.1. The van der Waals surface area contributed by atoms with Crippen molar-refractivity contribution in [2.45, 2.75) is 0 Å². The molecule has 2 aromatic heterocycles. The third kappa shape index (κ3) is 2.26. The Bertz CT molecular complexity index is 859. The summed E-state index contributed by atoms with van der Waals surface area (Å²) in [7, 11) is 0. The van der Waals surface area contributed by atoms with Gasteiger partial charge in [0.1, 0.15) is 9.71 Å². The zero-order valence-corrected chi connectivity index (χ0v) is 12.2. The fourth-order valence-electron chi connectivity index (χ4n) is 2.04. The van der Waals surface area contributed by atoms with E-state index in [0.29, 0.717) is 20.9 Å². The van der Waals surface area contributed by atoms with E-state index in [2.05, 4.69) is 9.97 Å². The lowest BCUT2D eigenvalue weighted by molar-refractivity contribution is 0.100. The van der Waals surface area contributed by atoms with E-state index in [0.717, 1.165) is 16.9 Å². The Labute approximate surface area is 128 Å². The van der Waals surface area contributed by atoms with E-state index in [4.69, 9.17) is 28.8 Å². The van der Waals surface area contributed by atoms with Gasteiger partial charge >= 0.3 is 0 Å². The van der Waals surface area contributed by atoms with Crippen molar-refractivity contribution in [3.05, 3.63) is 34.2 Å². The summed E-state index contributed by atoms with van der Waals surface area (Å²) in [6.45, 7) is 0. The number of nitrogen functional groups attached to an aromatic ring is 2. The topological polar surface area (TPSA) is 121 Å². The number of nitrogens with two attached hydrogens (primary N) is 3. The van der Waals surface area contributed by atoms with Gasteiger partial charge in [0.2, 0.25) is 5.95 Å². The van der Waals surface area contributed by atoms with E-state index in [-0.39, 0.29) is 16.5 Å². The molecule has 1 amide bonds. The first-order valence-electron chi connectivity index (χ1n) is 5.88. The second kappa shape index (κ2) is 4.87. The molecule has 0 unspecified atom stereocenters. The Morgan fingerprint density at radius 1 is 1.14 bits per heavy atom. The summed E-state index contributed by atoms with van der Waals surface area (Å²) in [5.41, 5.74) is 18.7. The first kappa shape index (κ1) is 13.6. The van der Waals surface area contributed by atoms with Crippen molar-refractivity contribution in [2.75, 3.05) is 11.5 Å². The average molecular weight is 320 g/mol. The molecule has 8 heteroatoms. The number of thiophene rings is 1. The molecule has 0 spiro atoms. The Morgan fingerprint density at radius 2 is 1.81 bits per heavy atom. The number of rotatable bonds is 2. The van der Waals surface area contributed by atoms with Gasteiger partial charge in [0.25, 0.3) is 5.91 Å². The van der Waals surface area contributed by atoms with Crippen LogP contribution in [0.25, 0.3) is 21.5 Å². The van der Waals surface area contributed by atoms with E-state index in [9.17, 15) is 4.79 Å². The highest BCUT2D eigenvalue weighted by Gasteiger charge is 2.20. The third-order valence-electron chi connectivity index (χ3n) is 2.95. The van der Waals surface area contributed by atoms with Crippen molar-refractivity contribution < 1.29 is 4.79 Å². The first-order chi connectivity index (χ1) is 9.97. The number of hydrogen-bond acceptors (Lipinski definition) is 6. The minimum atomic E-state index is -0.601. The second-order valence-corrected chi connectivity index (χ2v) is 5.76. The van der Waals surface area contributed by atoms with Crippen LogP contribution in [0.1, 0.15) is 9.67 Å². The lowest BCUT2D eigenvalue weighted by Gasteiger charge is -2.05. The smallest absolute Gasteiger partial charge is 0.260 e. The van der Waals surface area contributed by atoms with Crippen molar-refractivity contribution >= 4 is 50.7 Å². The van der Waals surface area contributed by atoms with Gasteiger partial charge in [-0.25, -0.2) is 9.97 Å². The quantitative estimate of drug-likeness (QED) is 0.669. The molecule has 0 fully saturated rings. The molecular weight excluding hydrogens is 310 g/mol. The summed E-state index contributed by atoms with van der Waals surface area (Å²) >= 11 is 6.99. The normalized spacial score (nSPS) is 10.9. The maximum atomic E-state index is 11.4. The SMILES string of the molecule is NC(=O)c1sc2nc(N)nc(-c3ccc(Cl)cc3)c2c1N. The van der Waals surface area contributed by atoms with Crippen molar-refractivity contribution in [3.63, 3.8) is 0 Å². The van der Waals surface area contributed by atoms with E-state index >= 15 is 0 Å². The first-order valence-corrected chi connectivity index (χ1v) is 7.08. The molecule has 106 valence electrons. The summed E-state index contributed by atoms with van der Waals surface area (Å²) < 4.78 is 0. The van der Waals surface area contributed by atoms with E-state index in [1.807, 2.05) is 0 Å². The van der Waals surface area contributed by atoms with Crippen molar-refractivity contribution in [2.24, 2.45) is 5.73 Å². The molecule has 6 N–H and O–H groups in total. The molecule has 0 saturated carbocycles. The number of anilines is 2. The summed E-state index contributed by atoms with van der Waals surface area (Å²) in [4.78, 5) is 20.5. The summed E-state index contributed by atoms with van der Waals surface area (Å²) in [5, 5.41) is 1.18. The molecule has 0 atom stereocenters. The van der Waals surface area contributed by atoms with Crippen LogP contribution >= 0.6 is 22.9 Å². The molecule has 0 bridgehead atoms. The number of fused-ring (bicyclic) bond motifs is 1. The van der Waals surface area contributed by atoms with Crippen LogP contribution in [0.5, 0.6) is 0 Å². The van der Waals surface area contributed by atoms with Gasteiger partial charge in [0.15, 0.2) is 0 Å². The number of amides is 1. The third-order valence-corrected chi connectivity index (χ3v) is 4.31. The van der Waals surface area contributed by atoms with Gasteiger partial charge < -0.3 is 17.2 Å². The second-order valence-electron chi connectivity index (χ2n) is 4.33. The van der Waals surface area contributed by atoms with Gasteiger partial charge in [-0.2, -0.15) is 0 Å². The van der Waals surface area contributed by atoms with Gasteiger partial charge in [0, 0.05) is 10.6 Å². The molecule has 0 aliphatic heterocycles. The number of carbonyl (C=O) groups excluding carboxylic acids is 1. The number of benzene rings is 1. The van der Waals surface area contributed by atoms with E-state index in [1.54, 1.807) is 24.3 Å². The molecule has 0 radical (unpaired) electrons. The molecular formula is C13H10ClN5OS. The van der Waals surface area contributed by atoms with Gasteiger partial charge in [-0.05, 0) is 12.1 Å². The molecule has 2 heterocycles. The van der Waals surface area contributed by atoms with Gasteiger partial charge in [-0.3, -0.25) is 4.79 Å². The standard InChI is InChI=1S/C13H10ClN5OS/c14-6-3-1-5(2-4-6)9-7-8(15)10(11(16)20)21-12(7)19-13(17)18-9/h1-4H,15H2,(H2,16,20)(H2,17,18,19). The predicted molar refractivity (Wildman–Crippen MR) is 85.2 cm³/mol. The fraction of sp³-hybridized carbons (Fsp3) is 0. The Balaban J connectivity index is 2.36. The summed E-state index contributed by atoms with van der Waals surface area (Å²) in [5.74, 6) is -0.499. The van der Waals surface area contributed by atoms with Crippen LogP contribution in [-0.4, -0.2) is 15.9 Å². The Hall–Kier alpha value is -2.38. The molecule has 21 heavy (non-hydrogen) atoms. The van der Waals surface area contributed by atoms with Gasteiger partial charge in [-0.15, -0.1) is 11.3 Å². The van der Waals surface area contributed by atoms with Crippen LogP contribution in [-0.2, 0) is 0 Å². The zero-order valence-electron chi connectivity index (χ0n) is 10.6. The van der Waals surface area contributed by atoms with Crippen LogP contribution in [0.4, 0.5) is 11.6 Å². The minimum Gasteiger partial charge on any atom is -0.397 e. The van der Waals surface area contributed by atoms with Crippen LogP contribution in [0.15, 0.2) is 24.3 Å². The summed E-state index contributed by atoms with van der Waals surface area (Å²) in [6, 6.07) is 7.06. The molecule has 1 aromatic carbocycles. The van der Waals surface area contributed by atoms with Crippen LogP contribution < -0.4 is 17.2 Å². The number of carbonyl (C=O) groups is 1. The molecule has 6 nitrogen and oxygen atoms in total. The summed E-state index contributed by atoms with van der Waals surface area (Å²) in [6.07, 6.45) is 0. The van der Waals surface area contributed by atoms with Crippen molar-refractivity contribution in [1.82, 2.24) is 9.97 Å². The minimum absolute atomic E-state index is 0.102. The maximum absolute atomic E-state index is 11.4. The van der Waals surface area contributed by atoms with Crippen LogP contribution in [0.3, 0.4) is 0 Å². The molecule has 0 aliphatic carbocycles. The maximum Gasteiger partial charge on any atom is 0.260 e. The molecule has 0 saturated heterocycles. The highest BCUT2D eigenvalue weighted by molar-refractivity contribution is 7.21. The van der Waals surface area contributed by atoms with Crippen molar-refractivity contribution in [1.29, 1.82) is 0 Å². The van der Waals surface area contributed by atoms with E-state index in [1.165, 1.54) is 0 Å². The number of hydrogen-bond donors (Lipinski definition) is 3. The highest BCUT2D eigenvalue weighted by atomic mass is 35.5. The highest BCUT2D eigenvalue weighted by Crippen LogP contribution is 2.38. The average Bonchev–Trinajstić information content (AvgIpc) is 2.76. The lowest BCUT2D eigenvalue weighted by atomic mass is 10.1. The van der Waals surface area contributed by atoms with Crippen LogP contribution in [0.2, 0.25) is 5.02 Å². The lowest BCUT2D eigenvalue weighted by Crippen LogP contribution is -2.10. The molecule has 3 aromatic rings. The van der Waals surface area contributed by atoms with Crippen LogP contribution in [0, 0.1) is 0 Å². The van der Waals surface area contributed by atoms with Gasteiger partial charge in [-0.1, -0.05) is 23.7 Å². The fourth-order valence-corrected chi connectivity index (χ4v) is 3.12. The largest absolute Gasteiger partial charge is 0.397 e. The number of nitrogens with zero attached hydrogens (tertiary/aromatic N) is 2. The monoisotopic (exact) mass is 319 g/mol. The molecule has 3 rings (SSSR count). The number of halogens is 1. The van der Waals surface area contributed by atoms with Crippen molar-refractivity contribution in [3.8, 4) is 11.3 Å². The number of aromatic nitrogens is 2. The Morgan fingerprint density at radius 3 is 2.43 bits per heavy atom.